The third kappa shape index (κ3) is 5.86. The number of ether oxygens (including phenoxy) is 1. The summed E-state index contributed by atoms with van der Waals surface area (Å²) in [5, 5.41) is 21.4. The van der Waals surface area contributed by atoms with Crippen molar-refractivity contribution in [1.29, 1.82) is 0 Å². The minimum atomic E-state index is -3.26. The Labute approximate surface area is 204 Å². The van der Waals surface area contributed by atoms with Gasteiger partial charge in [0, 0.05) is 24.8 Å². The monoisotopic (exact) mass is 560 g/mol. The summed E-state index contributed by atoms with van der Waals surface area (Å²) in [5.41, 5.74) is 1.56. The van der Waals surface area contributed by atoms with Gasteiger partial charge in [-0.1, -0.05) is 12.1 Å². The molecule has 1 fully saturated rings. The number of carbonyl (C=O) groups is 2. The number of nitrogens with one attached hydrogen (secondary N) is 1. The number of thiophene rings is 1. The Kier molecular flexibility index (Phi) is 8.04. The molecule has 0 radical (unpaired) electrons. The van der Waals surface area contributed by atoms with Gasteiger partial charge < -0.3 is 20.3 Å². The van der Waals surface area contributed by atoms with Crippen LogP contribution in [-0.4, -0.2) is 65.9 Å². The molecular formula is C21H25BrN2O7S2. The zero-order valence-electron chi connectivity index (χ0n) is 18.1. The molecule has 0 saturated carbocycles. The second kappa shape index (κ2) is 10.4. The highest BCUT2D eigenvalue weighted by atomic mass is 79.9. The lowest BCUT2D eigenvalue weighted by atomic mass is 10.1. The van der Waals surface area contributed by atoms with Crippen LogP contribution in [0.3, 0.4) is 0 Å². The highest BCUT2D eigenvalue weighted by Crippen LogP contribution is 2.46. The summed E-state index contributed by atoms with van der Waals surface area (Å²) < 4.78 is 31.9. The Bertz CT molecular complexity index is 1140. The Hall–Kier alpha value is -2.15. The van der Waals surface area contributed by atoms with E-state index >= 15 is 0 Å². The first kappa shape index (κ1) is 25.5. The van der Waals surface area contributed by atoms with E-state index in [1.165, 1.54) is 0 Å². The third-order valence-electron chi connectivity index (χ3n) is 5.25. The van der Waals surface area contributed by atoms with Gasteiger partial charge in [-0.05, 0) is 60.3 Å². The Morgan fingerprint density at radius 2 is 1.94 bits per heavy atom. The van der Waals surface area contributed by atoms with E-state index in [9.17, 15) is 23.1 Å². The van der Waals surface area contributed by atoms with Gasteiger partial charge in [-0.2, -0.15) is 0 Å². The molecule has 2 heterocycles. The van der Waals surface area contributed by atoms with Gasteiger partial charge in [0.1, 0.15) is 0 Å². The number of aromatic carboxylic acids is 1. The van der Waals surface area contributed by atoms with Crippen molar-refractivity contribution in [2.45, 2.75) is 38.0 Å². The topological polar surface area (TPSA) is 133 Å². The summed E-state index contributed by atoms with van der Waals surface area (Å²) in [4.78, 5) is 23.0. The van der Waals surface area contributed by atoms with Crippen LogP contribution in [0, 0.1) is 0 Å². The predicted molar refractivity (Wildman–Crippen MR) is 130 cm³/mol. The molecule has 0 aliphatic carbocycles. The van der Waals surface area contributed by atoms with Crippen molar-refractivity contribution in [2.24, 2.45) is 0 Å². The number of hydrogen-bond acceptors (Lipinski definition) is 7. The lowest BCUT2D eigenvalue weighted by Gasteiger charge is -2.33. The van der Waals surface area contributed by atoms with Crippen LogP contribution in [0.15, 0.2) is 28.7 Å². The molecule has 1 saturated heterocycles. The first-order valence-electron chi connectivity index (χ1n) is 10.3. The molecule has 2 aromatic rings. The van der Waals surface area contributed by atoms with E-state index in [-0.39, 0.29) is 16.7 Å². The van der Waals surface area contributed by atoms with Crippen molar-refractivity contribution in [3.8, 4) is 16.2 Å². The number of hydrogen-bond donors (Lipinski definition) is 3. The van der Waals surface area contributed by atoms with E-state index in [0.717, 1.165) is 22.6 Å². The van der Waals surface area contributed by atoms with Crippen molar-refractivity contribution < 1.29 is 33.0 Å². The van der Waals surface area contributed by atoms with Gasteiger partial charge in [0.15, 0.2) is 17.2 Å². The number of anilines is 1. The maximum Gasteiger partial charge on any atom is 0.349 e. The number of carboxylic acids is 2. The van der Waals surface area contributed by atoms with E-state index in [2.05, 4.69) is 21.2 Å². The normalized spacial score (nSPS) is 15.5. The number of nitrogens with zero attached hydrogens (tertiary/aromatic N) is 1. The molecule has 0 atom stereocenters. The van der Waals surface area contributed by atoms with Gasteiger partial charge in [0.25, 0.3) is 0 Å². The zero-order chi connectivity index (χ0) is 24.3. The number of sulfonamides is 1. The number of carboxylic acid groups (broad SMARTS) is 2. The molecule has 180 valence electrons. The number of halogens is 1. The van der Waals surface area contributed by atoms with Gasteiger partial charge in [-0.25, -0.2) is 22.3 Å². The van der Waals surface area contributed by atoms with E-state index in [0.29, 0.717) is 35.3 Å². The Morgan fingerprint density at radius 3 is 2.52 bits per heavy atom. The fraction of sp³-hybridized carbons (Fsp3) is 0.429. The van der Waals surface area contributed by atoms with Gasteiger partial charge in [0.2, 0.25) is 10.0 Å². The molecule has 0 amide bonds. The largest absolute Gasteiger partial charge is 0.479 e. The van der Waals surface area contributed by atoms with E-state index in [4.69, 9.17) is 9.84 Å². The van der Waals surface area contributed by atoms with Crippen molar-refractivity contribution >= 4 is 54.9 Å². The van der Waals surface area contributed by atoms with Crippen LogP contribution < -0.4 is 10.1 Å². The van der Waals surface area contributed by atoms with Crippen LogP contribution in [0.1, 0.15) is 36.4 Å². The quantitative estimate of drug-likeness (QED) is 0.419. The molecule has 12 heteroatoms. The molecule has 1 aromatic carbocycles. The molecule has 1 aliphatic rings. The average Bonchev–Trinajstić information content (AvgIpc) is 3.09. The molecule has 3 rings (SSSR count). The van der Waals surface area contributed by atoms with Crippen molar-refractivity contribution in [1.82, 2.24) is 4.31 Å². The SMILES string of the molecule is CC(C)S(=O)(=O)N1CCC(Nc2cccc(-c3sc(C(=O)O)c(OCC(=O)O)c3Br)c2)CC1. The molecule has 0 unspecified atom stereocenters. The summed E-state index contributed by atoms with van der Waals surface area (Å²) in [7, 11) is -3.26. The average molecular weight is 561 g/mol. The van der Waals surface area contributed by atoms with Crippen LogP contribution >= 0.6 is 27.3 Å². The van der Waals surface area contributed by atoms with Gasteiger partial charge >= 0.3 is 11.9 Å². The van der Waals surface area contributed by atoms with Crippen molar-refractivity contribution in [3.05, 3.63) is 33.6 Å². The summed E-state index contributed by atoms with van der Waals surface area (Å²) in [6, 6.07) is 7.53. The van der Waals surface area contributed by atoms with Gasteiger partial charge in [-0.15, -0.1) is 11.3 Å². The zero-order valence-corrected chi connectivity index (χ0v) is 21.3. The Morgan fingerprint density at radius 1 is 1.27 bits per heavy atom. The number of benzene rings is 1. The maximum absolute atomic E-state index is 12.4. The smallest absolute Gasteiger partial charge is 0.349 e. The fourth-order valence-electron chi connectivity index (χ4n) is 3.52. The molecule has 3 N–H and O–H groups in total. The number of piperidine rings is 1. The van der Waals surface area contributed by atoms with Crippen molar-refractivity contribution in [2.75, 3.05) is 25.0 Å². The predicted octanol–water partition coefficient (Wildman–Crippen LogP) is 3.95. The second-order valence-electron chi connectivity index (χ2n) is 7.88. The summed E-state index contributed by atoms with van der Waals surface area (Å²) >= 11 is 4.36. The van der Waals surface area contributed by atoms with E-state index in [1.807, 2.05) is 24.3 Å². The standard InChI is InChI=1S/C21H25BrN2O7S2/c1-12(2)33(29,30)24-8-6-14(7-9-24)23-15-5-3-4-13(10-15)19-17(22)18(31-11-16(25)26)20(32-19)21(27)28/h3-5,10,12,14,23H,6-9,11H2,1-2H3,(H,25,26)(H,27,28). The molecule has 0 spiro atoms. The fourth-order valence-corrected chi connectivity index (χ4v) is 6.73. The molecule has 1 aliphatic heterocycles. The highest BCUT2D eigenvalue weighted by molar-refractivity contribution is 9.10. The molecule has 9 nitrogen and oxygen atoms in total. The molecule has 0 bridgehead atoms. The second-order valence-corrected chi connectivity index (χ2v) is 12.2. The van der Waals surface area contributed by atoms with Crippen LogP contribution in [-0.2, 0) is 14.8 Å². The van der Waals surface area contributed by atoms with E-state index in [1.54, 1.807) is 18.2 Å². The van der Waals surface area contributed by atoms with Crippen LogP contribution in [0.5, 0.6) is 5.75 Å². The first-order valence-corrected chi connectivity index (χ1v) is 13.4. The van der Waals surface area contributed by atoms with Crippen LogP contribution in [0.2, 0.25) is 0 Å². The minimum absolute atomic E-state index is 0.0120. The van der Waals surface area contributed by atoms with Crippen LogP contribution in [0.25, 0.3) is 10.4 Å². The molecule has 1 aromatic heterocycles. The van der Waals surface area contributed by atoms with Gasteiger partial charge in [0.05, 0.1) is 14.6 Å². The van der Waals surface area contributed by atoms with Gasteiger partial charge in [-0.3, -0.25) is 0 Å². The summed E-state index contributed by atoms with van der Waals surface area (Å²) in [6.45, 7) is 3.63. The molecule has 33 heavy (non-hydrogen) atoms. The summed E-state index contributed by atoms with van der Waals surface area (Å²) in [5.74, 6) is -2.42. The Balaban J connectivity index is 1.76. The number of rotatable bonds is 9. The first-order chi connectivity index (χ1) is 15.5. The van der Waals surface area contributed by atoms with Crippen molar-refractivity contribution in [3.63, 3.8) is 0 Å². The summed E-state index contributed by atoms with van der Waals surface area (Å²) in [6.07, 6.45) is 1.35. The number of aliphatic carboxylic acids is 1. The van der Waals surface area contributed by atoms with Crippen LogP contribution in [0.4, 0.5) is 5.69 Å². The third-order valence-corrected chi connectivity index (χ3v) is 9.75. The lowest BCUT2D eigenvalue weighted by molar-refractivity contribution is -0.139. The lowest BCUT2D eigenvalue weighted by Crippen LogP contribution is -2.44. The highest BCUT2D eigenvalue weighted by Gasteiger charge is 2.30. The maximum atomic E-state index is 12.4. The molecular weight excluding hydrogens is 536 g/mol. The van der Waals surface area contributed by atoms with E-state index < -0.39 is 33.8 Å². The minimum Gasteiger partial charge on any atom is -0.479 e.